The van der Waals surface area contributed by atoms with E-state index in [0.29, 0.717) is 56.2 Å². The number of aryl methyl sites for hydroxylation is 1. The number of ether oxygens (including phenoxy) is 3. The fraction of sp³-hybridized carbons (Fsp3) is 0.426. The van der Waals surface area contributed by atoms with Crippen molar-refractivity contribution >= 4 is 116 Å². The van der Waals surface area contributed by atoms with E-state index < -0.39 is 46.6 Å². The van der Waals surface area contributed by atoms with E-state index in [0.717, 1.165) is 39.2 Å². The molecule has 3 aromatic heterocycles. The second-order valence-corrected chi connectivity index (χ2v) is 34.6. The van der Waals surface area contributed by atoms with Crippen LogP contribution < -0.4 is 33.0 Å². The Morgan fingerprint density at radius 3 is 1.78 bits per heavy atom. The number of halogens is 7. The standard InChI is InChI=1S/C19H21BF3NO4.C13H18BrNO3Si.C7H4BrNO2.C6H6BrNO.C6H15ClOSi.3CH4/c1-12-10-16(25)24(13-6-8-14(9-7-13)26-19(21,22)23)11-15(12)20-27-17(2,3)18(4,5)28-20;1-19(2,3)8-7-17-9-15-11-6-4-5-10(14)12(11)18-13(15)16;8-4-2-1-3-5-6(4)11-7(10)9-5;7-4-2-1-3-5(8)6(4)9;1-9(2,3)5-4-8-6-7;;;/h6-11H,1-5H3;4-6H,7-9H2,1-3H3;1-3H,(H,9,10);1-3,9H,8H2;4-6H2,1-3H3;3*1H4. The molecule has 1 saturated heterocycles. The number of nitrogen functional groups attached to an aromatic ring is 1. The van der Waals surface area contributed by atoms with Crippen molar-refractivity contribution in [2.24, 2.45) is 0 Å². The second-order valence-electron chi connectivity index (χ2n) is 20.6. The number of phenols is 1. The number of phenolic OH excluding ortho intramolecular Hbond substituents is 1. The van der Waals surface area contributed by atoms with Gasteiger partial charge in [0.1, 0.15) is 18.5 Å². The lowest BCUT2D eigenvalue weighted by molar-refractivity contribution is -0.274. The van der Waals surface area contributed by atoms with Gasteiger partial charge in [0.2, 0.25) is 0 Å². The third-order valence-electron chi connectivity index (χ3n) is 11.5. The number of benzene rings is 4. The number of fused-ring (bicyclic) bond motifs is 2. The summed E-state index contributed by atoms with van der Waals surface area (Å²) in [5.74, 6) is -1.05. The average Bonchev–Trinajstić information content (AvgIpc) is 3.92. The van der Waals surface area contributed by atoms with Crippen LogP contribution in [0.2, 0.25) is 51.4 Å². The summed E-state index contributed by atoms with van der Waals surface area (Å²) >= 11 is 15.1. The molecule has 25 heteroatoms. The number of hydrogen-bond acceptors (Lipinski definition) is 12. The Morgan fingerprint density at radius 1 is 0.759 bits per heavy atom. The van der Waals surface area contributed by atoms with Crippen LogP contribution in [0.5, 0.6) is 11.5 Å². The maximum atomic E-state index is 12.4. The van der Waals surface area contributed by atoms with Crippen LogP contribution in [0, 0.1) is 6.92 Å². The van der Waals surface area contributed by atoms with Crippen molar-refractivity contribution in [1.82, 2.24) is 14.1 Å². The van der Waals surface area contributed by atoms with Crippen LogP contribution in [0.4, 0.5) is 18.9 Å². The smallest absolute Gasteiger partial charge is 0.505 e. The van der Waals surface area contributed by atoms with Crippen LogP contribution in [0.1, 0.15) is 55.5 Å². The molecule has 4 heterocycles. The zero-order valence-electron chi connectivity index (χ0n) is 44.1. The number of pyridine rings is 1. The zero-order chi connectivity index (χ0) is 57.0. The molecule has 0 saturated carbocycles. The molecule has 15 nitrogen and oxygen atoms in total. The first-order chi connectivity index (χ1) is 35.2. The third kappa shape index (κ3) is 22.5. The Labute approximate surface area is 493 Å². The van der Waals surface area contributed by atoms with E-state index in [2.05, 4.69) is 96.8 Å². The first kappa shape index (κ1) is 72.6. The molecule has 1 aliphatic rings. The first-order valence-corrected chi connectivity index (χ1v) is 34.0. The number of nitrogens with two attached hydrogens (primary N) is 1. The molecule has 4 aromatic carbocycles. The number of hydrogen-bond donors (Lipinski definition) is 3. The minimum absolute atomic E-state index is 0. The summed E-state index contributed by atoms with van der Waals surface area (Å²) in [5.41, 5.74) is 8.72. The molecule has 0 atom stereocenters. The summed E-state index contributed by atoms with van der Waals surface area (Å²) in [6.45, 7) is 25.1. The van der Waals surface area contributed by atoms with E-state index in [1.165, 1.54) is 33.4 Å². The highest BCUT2D eigenvalue weighted by atomic mass is 79.9. The third-order valence-corrected chi connectivity index (χ3v) is 17.0. The number of aromatic amines is 1. The van der Waals surface area contributed by atoms with Gasteiger partial charge in [-0.05, 0) is 161 Å². The van der Waals surface area contributed by atoms with Crippen LogP contribution >= 0.6 is 59.4 Å². The Balaban J connectivity index is 0.000000530. The van der Waals surface area contributed by atoms with Gasteiger partial charge in [0.15, 0.2) is 16.9 Å². The molecule has 0 radical (unpaired) electrons. The van der Waals surface area contributed by atoms with Crippen molar-refractivity contribution in [3.8, 4) is 17.2 Å². The number of para-hydroxylation sites is 3. The van der Waals surface area contributed by atoms with Gasteiger partial charge in [0, 0.05) is 52.8 Å². The maximum Gasteiger partial charge on any atom is 0.573 e. The molecule has 438 valence electrons. The van der Waals surface area contributed by atoms with Gasteiger partial charge in [0.25, 0.3) is 5.56 Å². The normalized spacial score (nSPS) is 13.4. The van der Waals surface area contributed by atoms with E-state index in [1.54, 1.807) is 37.4 Å². The number of nitrogens with one attached hydrogen (secondary N) is 1. The van der Waals surface area contributed by atoms with E-state index >= 15 is 0 Å². The van der Waals surface area contributed by atoms with Crippen LogP contribution in [0.3, 0.4) is 0 Å². The van der Waals surface area contributed by atoms with Crippen molar-refractivity contribution in [1.29, 1.82) is 0 Å². The van der Waals surface area contributed by atoms with Crippen LogP contribution in [-0.2, 0) is 25.5 Å². The summed E-state index contributed by atoms with van der Waals surface area (Å²) in [6.07, 6.45) is -3.18. The molecule has 0 aliphatic carbocycles. The summed E-state index contributed by atoms with van der Waals surface area (Å²) in [7, 11) is -2.64. The van der Waals surface area contributed by atoms with Crippen molar-refractivity contribution in [3.05, 3.63) is 142 Å². The van der Waals surface area contributed by atoms with Gasteiger partial charge in [-0.15, -0.1) is 13.2 Å². The Hall–Kier alpha value is -4.37. The van der Waals surface area contributed by atoms with Gasteiger partial charge in [-0.2, -0.15) is 0 Å². The van der Waals surface area contributed by atoms with Gasteiger partial charge < -0.3 is 43.2 Å². The highest BCUT2D eigenvalue weighted by Gasteiger charge is 2.52. The average molecular weight is 1360 g/mol. The van der Waals surface area contributed by atoms with Crippen LogP contribution in [0.25, 0.3) is 27.9 Å². The summed E-state index contributed by atoms with van der Waals surface area (Å²) in [5, 5.41) is 9.03. The van der Waals surface area contributed by atoms with Gasteiger partial charge in [-0.1, -0.05) is 91.4 Å². The molecule has 0 spiro atoms. The molecule has 1 fully saturated rings. The van der Waals surface area contributed by atoms with Gasteiger partial charge in [-0.3, -0.25) is 14.3 Å². The largest absolute Gasteiger partial charge is 0.573 e. The second kappa shape index (κ2) is 31.2. The molecule has 4 N–H and O–H groups in total. The van der Waals surface area contributed by atoms with E-state index in [4.69, 9.17) is 50.1 Å². The van der Waals surface area contributed by atoms with Crippen molar-refractivity contribution < 1.29 is 50.6 Å². The fourth-order valence-corrected chi connectivity index (χ4v) is 9.37. The van der Waals surface area contributed by atoms with Crippen molar-refractivity contribution in [3.63, 3.8) is 0 Å². The summed E-state index contributed by atoms with van der Waals surface area (Å²) in [6, 6.07) is 25.3. The predicted octanol–water partition coefficient (Wildman–Crippen LogP) is 15.1. The quantitative estimate of drug-likeness (QED) is 0.0345. The van der Waals surface area contributed by atoms with Gasteiger partial charge in [0.05, 0.1) is 41.3 Å². The van der Waals surface area contributed by atoms with E-state index in [1.807, 2.05) is 58.0 Å². The number of nitrogens with zero attached hydrogens (tertiary/aromatic N) is 2. The molecule has 7 aromatic rings. The van der Waals surface area contributed by atoms with Crippen LogP contribution in [-0.4, -0.2) is 79.3 Å². The maximum absolute atomic E-state index is 12.4. The number of aromatic nitrogens is 3. The van der Waals surface area contributed by atoms with Gasteiger partial charge in [-0.25, -0.2) is 14.2 Å². The predicted molar refractivity (Wildman–Crippen MR) is 331 cm³/mol. The molecule has 1 aliphatic heterocycles. The Bertz CT molecular complexity index is 3160. The molecule has 8 rings (SSSR count). The number of oxazole rings is 2. The molecule has 0 unspecified atom stereocenters. The van der Waals surface area contributed by atoms with Crippen molar-refractivity contribution in [2.75, 3.05) is 25.0 Å². The van der Waals surface area contributed by atoms with Gasteiger partial charge >= 0.3 is 25.0 Å². The Morgan fingerprint density at radius 2 is 1.28 bits per heavy atom. The number of alkyl halides is 4. The SMILES string of the molecule is C.C.C.C[Si](C)(C)CCOCCl.C[Si](C)(C)CCOCn1c(=O)oc2c(Br)cccc21.Cc1cc(=O)n(-c2ccc(OC(F)(F)F)cc2)cc1B1OC(C)(C)C(C)(C)O1.Nc1cccc(Br)c1O.O=c1[nH]c2cccc(Br)c2o1. The topological polar surface area (TPSA) is 196 Å². The van der Waals surface area contributed by atoms with E-state index in [-0.39, 0.29) is 51.8 Å². The number of aromatic hydroxyl groups is 1. The number of H-pyrrole nitrogens is 1. The highest BCUT2D eigenvalue weighted by molar-refractivity contribution is 9.11. The fourth-order valence-electron chi connectivity index (χ4n) is 6.48. The first-order valence-electron chi connectivity index (χ1n) is 23.7. The van der Waals surface area contributed by atoms with E-state index in [9.17, 15) is 27.6 Å². The lowest BCUT2D eigenvalue weighted by atomic mass is 9.77. The molecule has 79 heavy (non-hydrogen) atoms. The minimum atomic E-state index is -4.77. The number of anilines is 1. The summed E-state index contributed by atoms with van der Waals surface area (Å²) in [4.78, 5) is 37.5. The lowest BCUT2D eigenvalue weighted by Crippen LogP contribution is -2.41. The molecular formula is C54H76BBr3ClF3N4O11Si2. The lowest BCUT2D eigenvalue weighted by Gasteiger charge is -2.32. The highest BCUT2D eigenvalue weighted by Crippen LogP contribution is 2.37. The molecule has 0 amide bonds. The Kier molecular flexibility index (Phi) is 28.7. The minimum Gasteiger partial charge on any atom is -0.505 e. The van der Waals surface area contributed by atoms with Crippen molar-refractivity contribution in [2.45, 2.75) is 133 Å². The molecular weight excluding hydrogens is 1280 g/mol. The monoisotopic (exact) mass is 1350 g/mol. The number of rotatable bonds is 12. The van der Waals surface area contributed by atoms with Crippen LogP contribution in [0.15, 0.2) is 128 Å². The zero-order valence-corrected chi connectivity index (χ0v) is 51.6. The summed E-state index contributed by atoms with van der Waals surface area (Å²) < 4.78 is 78.7. The molecule has 0 bridgehead atoms.